The second kappa shape index (κ2) is 12.1. The van der Waals surface area contributed by atoms with E-state index in [4.69, 9.17) is 0 Å². The Morgan fingerprint density at radius 1 is 1.11 bits per heavy atom. The summed E-state index contributed by atoms with van der Waals surface area (Å²) in [6.45, 7) is 6.32. The standard InChI is InChI=1S/C27H28F3N5OS2/c1-4-5-6-21(22-11-12-23(38-22)26(36)31-15-24-32-34-35-33-24)37-20-13-16(2)25(17(3)14-20)18-7-9-19(10-8-18)27(28,29)30/h7-14,21H,4-6,15H2,1-3H3,(H,31,36)(H,32,33,34,35). The number of H-pyrrole nitrogens is 1. The molecule has 4 aromatic rings. The van der Waals surface area contributed by atoms with Gasteiger partial charge in [-0.15, -0.1) is 33.3 Å². The number of unbranched alkanes of at least 4 members (excludes halogenated alkanes) is 1. The lowest BCUT2D eigenvalue weighted by Gasteiger charge is -2.18. The number of carbonyl (C=O) groups excluding carboxylic acids is 1. The summed E-state index contributed by atoms with van der Waals surface area (Å²) in [7, 11) is 0. The van der Waals surface area contributed by atoms with Crippen molar-refractivity contribution in [3.8, 4) is 11.1 Å². The van der Waals surface area contributed by atoms with E-state index in [-0.39, 0.29) is 17.7 Å². The number of alkyl halides is 3. The van der Waals surface area contributed by atoms with E-state index in [1.165, 1.54) is 23.5 Å². The number of tetrazole rings is 1. The summed E-state index contributed by atoms with van der Waals surface area (Å²) in [6, 6.07) is 13.4. The number of halogens is 3. The van der Waals surface area contributed by atoms with E-state index in [1.54, 1.807) is 11.8 Å². The maximum absolute atomic E-state index is 13.0. The third kappa shape index (κ3) is 6.82. The van der Waals surface area contributed by atoms with Crippen molar-refractivity contribution in [3.63, 3.8) is 0 Å². The summed E-state index contributed by atoms with van der Waals surface area (Å²) in [5.41, 5.74) is 3.08. The second-order valence-corrected chi connectivity index (χ2v) is 11.4. The first-order valence-electron chi connectivity index (χ1n) is 12.2. The van der Waals surface area contributed by atoms with Gasteiger partial charge in [-0.05, 0) is 78.9 Å². The molecule has 1 unspecified atom stereocenters. The van der Waals surface area contributed by atoms with E-state index in [9.17, 15) is 18.0 Å². The third-order valence-electron chi connectivity index (χ3n) is 6.07. The van der Waals surface area contributed by atoms with Crippen molar-refractivity contribution in [2.24, 2.45) is 0 Å². The zero-order chi connectivity index (χ0) is 27.3. The van der Waals surface area contributed by atoms with Gasteiger partial charge in [-0.3, -0.25) is 4.79 Å². The molecule has 0 aliphatic heterocycles. The Bertz CT molecular complexity index is 1350. The molecule has 0 radical (unpaired) electrons. The molecule has 2 heterocycles. The number of nitrogens with one attached hydrogen (secondary N) is 2. The number of hydrogen-bond donors (Lipinski definition) is 2. The highest BCUT2D eigenvalue weighted by Gasteiger charge is 2.30. The van der Waals surface area contributed by atoms with Gasteiger partial charge in [-0.2, -0.15) is 18.4 Å². The number of rotatable bonds is 10. The Labute approximate surface area is 227 Å². The van der Waals surface area contributed by atoms with Crippen LogP contribution in [0.15, 0.2) is 53.4 Å². The minimum Gasteiger partial charge on any atom is -0.344 e. The number of aromatic amines is 1. The van der Waals surface area contributed by atoms with Crippen molar-refractivity contribution in [2.45, 2.75) is 62.9 Å². The van der Waals surface area contributed by atoms with Crippen LogP contribution >= 0.6 is 23.1 Å². The van der Waals surface area contributed by atoms with E-state index in [0.717, 1.165) is 63.4 Å². The Hall–Kier alpha value is -3.18. The summed E-state index contributed by atoms with van der Waals surface area (Å²) in [5.74, 6) is 0.231. The van der Waals surface area contributed by atoms with Crippen molar-refractivity contribution in [3.05, 3.63) is 80.8 Å². The molecule has 2 N–H and O–H groups in total. The smallest absolute Gasteiger partial charge is 0.344 e. The molecular formula is C27H28F3N5OS2. The first kappa shape index (κ1) is 27.8. The summed E-state index contributed by atoms with van der Waals surface area (Å²) in [6.07, 6.45) is -1.28. The van der Waals surface area contributed by atoms with Gasteiger partial charge < -0.3 is 5.32 Å². The lowest BCUT2D eigenvalue weighted by Crippen LogP contribution is -2.22. The molecule has 0 saturated carbocycles. The molecule has 0 fully saturated rings. The lowest BCUT2D eigenvalue weighted by atomic mass is 9.95. The summed E-state index contributed by atoms with van der Waals surface area (Å²) in [4.78, 5) is 15.5. The van der Waals surface area contributed by atoms with Gasteiger partial charge in [-0.25, -0.2) is 0 Å². The molecule has 0 saturated heterocycles. The van der Waals surface area contributed by atoms with Gasteiger partial charge in [0.1, 0.15) is 0 Å². The van der Waals surface area contributed by atoms with E-state index >= 15 is 0 Å². The van der Waals surface area contributed by atoms with Crippen LogP contribution in [0.3, 0.4) is 0 Å². The molecule has 1 amide bonds. The summed E-state index contributed by atoms with van der Waals surface area (Å²) in [5, 5.41) is 16.5. The van der Waals surface area contributed by atoms with Crippen LogP contribution in [0, 0.1) is 13.8 Å². The van der Waals surface area contributed by atoms with Gasteiger partial charge in [0, 0.05) is 15.0 Å². The minimum absolute atomic E-state index is 0.175. The molecule has 0 aliphatic carbocycles. The highest BCUT2D eigenvalue weighted by atomic mass is 32.2. The molecule has 0 aliphatic rings. The topological polar surface area (TPSA) is 83.6 Å². The Kier molecular flexibility index (Phi) is 8.88. The summed E-state index contributed by atoms with van der Waals surface area (Å²) < 4.78 is 39.0. The average molecular weight is 560 g/mol. The highest BCUT2D eigenvalue weighted by Crippen LogP contribution is 2.43. The maximum atomic E-state index is 13.0. The largest absolute Gasteiger partial charge is 0.416 e. The van der Waals surface area contributed by atoms with Crippen LogP contribution in [0.25, 0.3) is 11.1 Å². The Morgan fingerprint density at radius 2 is 1.82 bits per heavy atom. The monoisotopic (exact) mass is 559 g/mol. The number of aromatic nitrogens is 4. The lowest BCUT2D eigenvalue weighted by molar-refractivity contribution is -0.137. The van der Waals surface area contributed by atoms with E-state index in [0.29, 0.717) is 10.7 Å². The van der Waals surface area contributed by atoms with E-state index in [2.05, 4.69) is 45.0 Å². The fourth-order valence-electron chi connectivity index (χ4n) is 4.24. The normalized spacial score (nSPS) is 12.5. The van der Waals surface area contributed by atoms with Crippen molar-refractivity contribution in [1.29, 1.82) is 0 Å². The number of carbonyl (C=O) groups is 1. The van der Waals surface area contributed by atoms with Gasteiger partial charge in [0.15, 0.2) is 5.82 Å². The fourth-order valence-corrected chi connectivity index (χ4v) is 6.76. The molecule has 6 nitrogen and oxygen atoms in total. The predicted molar refractivity (Wildman–Crippen MR) is 144 cm³/mol. The predicted octanol–water partition coefficient (Wildman–Crippen LogP) is 7.52. The molecule has 1 atom stereocenters. The van der Waals surface area contributed by atoms with Gasteiger partial charge in [0.2, 0.25) is 0 Å². The highest BCUT2D eigenvalue weighted by molar-refractivity contribution is 7.99. The molecule has 2 aromatic carbocycles. The third-order valence-corrected chi connectivity index (χ3v) is 8.70. The van der Waals surface area contributed by atoms with Crippen molar-refractivity contribution in [2.75, 3.05) is 0 Å². The Balaban J connectivity index is 1.51. The number of benzene rings is 2. The number of thioether (sulfide) groups is 1. The van der Waals surface area contributed by atoms with Gasteiger partial charge in [0.25, 0.3) is 5.91 Å². The average Bonchev–Trinajstić information content (AvgIpc) is 3.57. The molecule has 11 heteroatoms. The number of nitrogens with zero attached hydrogens (tertiary/aromatic N) is 3. The van der Waals surface area contributed by atoms with Crippen LogP contribution in [0.2, 0.25) is 0 Å². The summed E-state index contributed by atoms with van der Waals surface area (Å²) >= 11 is 3.23. The molecule has 4 rings (SSSR count). The fraction of sp³-hybridized carbons (Fsp3) is 0.333. The van der Waals surface area contributed by atoms with E-state index in [1.807, 2.05) is 26.0 Å². The quantitative estimate of drug-likeness (QED) is 0.196. The molecule has 0 spiro atoms. The van der Waals surface area contributed by atoms with Crippen molar-refractivity contribution >= 4 is 29.0 Å². The van der Waals surface area contributed by atoms with Crippen LogP contribution in [0.5, 0.6) is 0 Å². The van der Waals surface area contributed by atoms with Gasteiger partial charge in [0.05, 0.1) is 17.0 Å². The molecule has 38 heavy (non-hydrogen) atoms. The van der Waals surface area contributed by atoms with Gasteiger partial charge in [-0.1, -0.05) is 37.1 Å². The number of aryl methyl sites for hydroxylation is 2. The first-order valence-corrected chi connectivity index (χ1v) is 13.9. The van der Waals surface area contributed by atoms with Crippen LogP contribution in [0.1, 0.15) is 68.5 Å². The molecular weight excluding hydrogens is 531 g/mol. The van der Waals surface area contributed by atoms with Crippen molar-refractivity contribution in [1.82, 2.24) is 25.9 Å². The second-order valence-electron chi connectivity index (χ2n) is 8.97. The minimum atomic E-state index is -4.35. The van der Waals surface area contributed by atoms with E-state index < -0.39 is 11.7 Å². The maximum Gasteiger partial charge on any atom is 0.416 e. The van der Waals surface area contributed by atoms with Crippen LogP contribution in [0.4, 0.5) is 13.2 Å². The number of hydrogen-bond acceptors (Lipinski definition) is 6. The van der Waals surface area contributed by atoms with Crippen LogP contribution in [-0.4, -0.2) is 26.5 Å². The Morgan fingerprint density at radius 3 is 2.42 bits per heavy atom. The number of amides is 1. The van der Waals surface area contributed by atoms with Crippen LogP contribution < -0.4 is 5.32 Å². The first-order chi connectivity index (χ1) is 18.2. The van der Waals surface area contributed by atoms with Gasteiger partial charge >= 0.3 is 6.18 Å². The SMILES string of the molecule is CCCCC(Sc1cc(C)c(-c2ccc(C(F)(F)F)cc2)c(C)c1)c1ccc(C(=O)NCc2nn[nH]n2)s1. The molecule has 0 bridgehead atoms. The molecule has 200 valence electrons. The molecule has 2 aromatic heterocycles. The number of thiophene rings is 1. The zero-order valence-electron chi connectivity index (χ0n) is 21.2. The van der Waals surface area contributed by atoms with Crippen LogP contribution in [-0.2, 0) is 12.7 Å². The zero-order valence-corrected chi connectivity index (χ0v) is 22.9. The van der Waals surface area contributed by atoms with Crippen molar-refractivity contribution < 1.29 is 18.0 Å².